The molecule has 0 bridgehead atoms. The lowest BCUT2D eigenvalue weighted by atomic mass is 10.1. The van der Waals surface area contributed by atoms with Crippen molar-refractivity contribution < 1.29 is 22.7 Å². The minimum atomic E-state index is -3.77. The third kappa shape index (κ3) is 7.31. The number of rotatable bonds is 12. The van der Waals surface area contributed by atoms with Gasteiger partial charge in [0.15, 0.2) is 11.5 Å². The Balaban J connectivity index is 1.64. The van der Waals surface area contributed by atoms with Crippen molar-refractivity contribution in [3.8, 4) is 11.5 Å². The molecule has 0 radical (unpaired) electrons. The van der Waals surface area contributed by atoms with Gasteiger partial charge in [-0.2, -0.15) is 0 Å². The SMILES string of the molecule is CCOc1ccc(CCNC(=O)c2cc(S(=O)(=O)NCc3ccccc3)ccc2C)cc1OCC. The highest BCUT2D eigenvalue weighted by atomic mass is 32.2. The van der Waals surface area contributed by atoms with Crippen molar-refractivity contribution in [3.63, 3.8) is 0 Å². The molecule has 186 valence electrons. The second-order valence-corrected chi connectivity index (χ2v) is 9.71. The van der Waals surface area contributed by atoms with E-state index in [-0.39, 0.29) is 17.3 Å². The van der Waals surface area contributed by atoms with Crippen LogP contribution in [0.5, 0.6) is 11.5 Å². The molecule has 0 saturated carbocycles. The fraction of sp³-hybridized carbons (Fsp3) is 0.296. The van der Waals surface area contributed by atoms with Crippen molar-refractivity contribution in [3.05, 3.63) is 89.0 Å². The molecule has 0 aliphatic heterocycles. The number of carbonyl (C=O) groups is 1. The molecule has 0 aliphatic rings. The molecule has 0 fully saturated rings. The molecule has 8 heteroatoms. The Labute approximate surface area is 207 Å². The molecule has 0 unspecified atom stereocenters. The third-order valence-electron chi connectivity index (χ3n) is 5.38. The Hall–Kier alpha value is -3.36. The summed E-state index contributed by atoms with van der Waals surface area (Å²) >= 11 is 0. The maximum atomic E-state index is 12.9. The quantitative estimate of drug-likeness (QED) is 0.391. The zero-order valence-electron chi connectivity index (χ0n) is 20.3. The summed E-state index contributed by atoms with van der Waals surface area (Å²) in [5, 5.41) is 2.89. The first-order valence-corrected chi connectivity index (χ1v) is 13.1. The summed E-state index contributed by atoms with van der Waals surface area (Å²) < 4.78 is 39.4. The molecular formula is C27H32N2O5S. The number of nitrogens with one attached hydrogen (secondary N) is 2. The van der Waals surface area contributed by atoms with Gasteiger partial charge in [0.1, 0.15) is 0 Å². The summed E-state index contributed by atoms with van der Waals surface area (Å²) in [4.78, 5) is 12.9. The molecule has 3 rings (SSSR count). The van der Waals surface area contributed by atoms with Gasteiger partial charge in [0, 0.05) is 18.7 Å². The molecule has 1 amide bonds. The smallest absolute Gasteiger partial charge is 0.251 e. The zero-order valence-corrected chi connectivity index (χ0v) is 21.2. The maximum absolute atomic E-state index is 12.9. The van der Waals surface area contributed by atoms with Crippen molar-refractivity contribution in [1.82, 2.24) is 10.0 Å². The number of hydrogen-bond donors (Lipinski definition) is 2. The van der Waals surface area contributed by atoms with Crippen LogP contribution in [0.4, 0.5) is 0 Å². The topological polar surface area (TPSA) is 93.7 Å². The second kappa shape index (κ2) is 12.4. The first-order valence-electron chi connectivity index (χ1n) is 11.6. The normalized spacial score (nSPS) is 11.2. The van der Waals surface area contributed by atoms with Crippen molar-refractivity contribution in [2.24, 2.45) is 0 Å². The van der Waals surface area contributed by atoms with E-state index in [9.17, 15) is 13.2 Å². The minimum Gasteiger partial charge on any atom is -0.490 e. The van der Waals surface area contributed by atoms with Crippen LogP contribution in [0, 0.1) is 6.92 Å². The predicted octanol–water partition coefficient (Wildman–Crippen LogP) is 4.24. The van der Waals surface area contributed by atoms with Gasteiger partial charge in [-0.3, -0.25) is 4.79 Å². The summed E-state index contributed by atoms with van der Waals surface area (Å²) in [5.41, 5.74) is 2.87. The van der Waals surface area contributed by atoms with E-state index in [0.717, 1.165) is 11.1 Å². The Kier molecular flexibility index (Phi) is 9.28. The summed E-state index contributed by atoms with van der Waals surface area (Å²) in [6.45, 7) is 7.25. The molecule has 7 nitrogen and oxygen atoms in total. The lowest BCUT2D eigenvalue weighted by molar-refractivity contribution is 0.0953. The average molecular weight is 497 g/mol. The van der Waals surface area contributed by atoms with E-state index >= 15 is 0 Å². The van der Waals surface area contributed by atoms with Crippen LogP contribution in [0.15, 0.2) is 71.6 Å². The van der Waals surface area contributed by atoms with Crippen molar-refractivity contribution >= 4 is 15.9 Å². The molecule has 0 atom stereocenters. The third-order valence-corrected chi connectivity index (χ3v) is 6.78. The summed E-state index contributed by atoms with van der Waals surface area (Å²) in [6, 6.07) is 19.6. The van der Waals surface area contributed by atoms with Gasteiger partial charge in [0.25, 0.3) is 5.91 Å². The molecule has 35 heavy (non-hydrogen) atoms. The number of carbonyl (C=O) groups excluding carboxylic acids is 1. The highest BCUT2D eigenvalue weighted by molar-refractivity contribution is 7.89. The van der Waals surface area contributed by atoms with Gasteiger partial charge in [0.2, 0.25) is 10.0 Å². The minimum absolute atomic E-state index is 0.0528. The van der Waals surface area contributed by atoms with Crippen LogP contribution in [-0.2, 0) is 23.0 Å². The largest absolute Gasteiger partial charge is 0.490 e. The molecule has 3 aromatic rings. The number of sulfonamides is 1. The van der Waals surface area contributed by atoms with Gasteiger partial charge in [-0.25, -0.2) is 13.1 Å². The number of aryl methyl sites for hydroxylation is 1. The summed E-state index contributed by atoms with van der Waals surface area (Å²) in [7, 11) is -3.77. The van der Waals surface area contributed by atoms with Crippen molar-refractivity contribution in [1.29, 1.82) is 0 Å². The molecule has 2 N–H and O–H groups in total. The molecular weight excluding hydrogens is 464 g/mol. The number of amides is 1. The van der Waals surface area contributed by atoms with E-state index in [0.29, 0.717) is 48.8 Å². The van der Waals surface area contributed by atoms with Crippen LogP contribution in [-0.4, -0.2) is 34.1 Å². The highest BCUT2D eigenvalue weighted by Crippen LogP contribution is 2.28. The van der Waals surface area contributed by atoms with Crippen LogP contribution in [0.2, 0.25) is 0 Å². The van der Waals surface area contributed by atoms with Gasteiger partial charge in [0.05, 0.1) is 18.1 Å². The summed E-state index contributed by atoms with van der Waals surface area (Å²) in [6.07, 6.45) is 0.591. The van der Waals surface area contributed by atoms with E-state index in [1.165, 1.54) is 12.1 Å². The highest BCUT2D eigenvalue weighted by Gasteiger charge is 2.18. The first kappa shape index (κ1) is 26.2. The molecule has 0 spiro atoms. The van der Waals surface area contributed by atoms with E-state index in [1.54, 1.807) is 13.0 Å². The van der Waals surface area contributed by atoms with Crippen LogP contribution in [0.25, 0.3) is 0 Å². The number of benzene rings is 3. The first-order chi connectivity index (χ1) is 16.8. The number of hydrogen-bond acceptors (Lipinski definition) is 5. The van der Waals surface area contributed by atoms with Gasteiger partial charge in [-0.15, -0.1) is 0 Å². The van der Waals surface area contributed by atoms with E-state index in [4.69, 9.17) is 9.47 Å². The lowest BCUT2D eigenvalue weighted by Crippen LogP contribution is -2.27. The molecule has 3 aromatic carbocycles. The van der Waals surface area contributed by atoms with Crippen LogP contribution in [0.3, 0.4) is 0 Å². The Morgan fingerprint density at radius 1 is 0.857 bits per heavy atom. The Morgan fingerprint density at radius 2 is 1.57 bits per heavy atom. The van der Waals surface area contributed by atoms with Crippen LogP contribution < -0.4 is 19.5 Å². The van der Waals surface area contributed by atoms with Gasteiger partial charge < -0.3 is 14.8 Å². The number of ether oxygens (including phenoxy) is 2. The molecule has 0 aliphatic carbocycles. The Bertz CT molecular complexity index is 1240. The fourth-order valence-electron chi connectivity index (χ4n) is 3.54. The van der Waals surface area contributed by atoms with Gasteiger partial charge in [-0.1, -0.05) is 42.5 Å². The maximum Gasteiger partial charge on any atom is 0.251 e. The van der Waals surface area contributed by atoms with Gasteiger partial charge >= 0.3 is 0 Å². The Morgan fingerprint density at radius 3 is 2.29 bits per heavy atom. The second-order valence-electron chi connectivity index (χ2n) is 7.94. The van der Waals surface area contributed by atoms with Crippen molar-refractivity contribution in [2.45, 2.75) is 38.6 Å². The zero-order chi connectivity index (χ0) is 25.3. The van der Waals surface area contributed by atoms with E-state index in [1.807, 2.05) is 62.4 Å². The summed E-state index contributed by atoms with van der Waals surface area (Å²) in [5.74, 6) is 1.05. The van der Waals surface area contributed by atoms with E-state index in [2.05, 4.69) is 10.0 Å². The van der Waals surface area contributed by atoms with E-state index < -0.39 is 10.0 Å². The van der Waals surface area contributed by atoms with Gasteiger partial charge in [-0.05, 0) is 68.1 Å². The fourth-order valence-corrected chi connectivity index (χ4v) is 4.58. The molecule has 0 saturated heterocycles. The lowest BCUT2D eigenvalue weighted by Gasteiger charge is -2.13. The standard InChI is InChI=1S/C27H32N2O5S/c1-4-33-25-14-12-21(17-26(25)34-5-2)15-16-28-27(30)24-18-23(13-11-20(24)3)35(31,32)29-19-22-9-7-6-8-10-22/h6-14,17-18,29H,4-5,15-16,19H2,1-3H3,(H,28,30). The van der Waals surface area contributed by atoms with Crippen molar-refractivity contribution in [2.75, 3.05) is 19.8 Å². The predicted molar refractivity (Wildman–Crippen MR) is 136 cm³/mol. The molecule has 0 heterocycles. The average Bonchev–Trinajstić information content (AvgIpc) is 2.85. The monoisotopic (exact) mass is 496 g/mol. The van der Waals surface area contributed by atoms with Crippen LogP contribution >= 0.6 is 0 Å². The molecule has 0 aromatic heterocycles. The van der Waals surface area contributed by atoms with Crippen LogP contribution in [0.1, 0.15) is 40.9 Å².